The third-order valence-electron chi connectivity index (χ3n) is 5.99. The van der Waals surface area contributed by atoms with Crippen LogP contribution in [0.25, 0.3) is 10.9 Å². The van der Waals surface area contributed by atoms with Crippen LogP contribution in [0.3, 0.4) is 0 Å². The largest absolute Gasteiger partial charge is 0.465 e. The molecule has 8 heteroatoms. The van der Waals surface area contributed by atoms with Crippen molar-refractivity contribution in [1.82, 2.24) is 15.3 Å². The molecule has 1 aliphatic carbocycles. The minimum atomic E-state index is -0.272. The molecule has 1 fully saturated rings. The van der Waals surface area contributed by atoms with Gasteiger partial charge < -0.3 is 20.3 Å². The lowest BCUT2D eigenvalue weighted by atomic mass is 9.86. The topological polar surface area (TPSA) is 79.4 Å². The molecule has 0 bridgehead atoms. The van der Waals surface area contributed by atoms with Gasteiger partial charge in [-0.1, -0.05) is 12.1 Å². The predicted octanol–water partition coefficient (Wildman–Crippen LogP) is 4.30. The highest BCUT2D eigenvalue weighted by Crippen LogP contribution is 2.28. The number of thiophene rings is 1. The average Bonchev–Trinajstić information content (AvgIpc) is 3.28. The van der Waals surface area contributed by atoms with Crippen LogP contribution in [-0.2, 0) is 11.3 Å². The van der Waals surface area contributed by atoms with Gasteiger partial charge >= 0.3 is 5.97 Å². The Bertz CT molecular complexity index is 1060. The van der Waals surface area contributed by atoms with E-state index in [-0.39, 0.29) is 5.97 Å². The van der Waals surface area contributed by atoms with Crippen molar-refractivity contribution in [3.63, 3.8) is 0 Å². The van der Waals surface area contributed by atoms with E-state index in [9.17, 15) is 4.79 Å². The van der Waals surface area contributed by atoms with Crippen molar-refractivity contribution in [3.05, 3.63) is 46.2 Å². The van der Waals surface area contributed by atoms with Gasteiger partial charge in [0.2, 0.25) is 5.95 Å². The highest BCUT2D eigenvalue weighted by atomic mass is 32.1. The number of hydrogen-bond donors (Lipinski definition) is 2. The van der Waals surface area contributed by atoms with E-state index in [0.717, 1.165) is 47.5 Å². The minimum absolute atomic E-state index is 0.272. The van der Waals surface area contributed by atoms with Crippen molar-refractivity contribution in [2.45, 2.75) is 38.3 Å². The summed E-state index contributed by atoms with van der Waals surface area (Å²) in [6.45, 7) is 1.79. The molecule has 2 N–H and O–H groups in total. The summed E-state index contributed by atoms with van der Waals surface area (Å²) >= 11 is 1.59. The smallest absolute Gasteiger partial charge is 0.338 e. The summed E-state index contributed by atoms with van der Waals surface area (Å²) in [7, 11) is 5.45. The van der Waals surface area contributed by atoms with Gasteiger partial charge in [-0.15, -0.1) is 11.3 Å². The van der Waals surface area contributed by atoms with Gasteiger partial charge in [-0.25, -0.2) is 9.78 Å². The van der Waals surface area contributed by atoms with Crippen LogP contribution < -0.4 is 15.5 Å². The van der Waals surface area contributed by atoms with Crippen LogP contribution in [0.1, 0.15) is 40.9 Å². The van der Waals surface area contributed by atoms with Crippen LogP contribution in [0.2, 0.25) is 0 Å². The third-order valence-corrected chi connectivity index (χ3v) is 6.93. The quantitative estimate of drug-likeness (QED) is 0.492. The number of carbonyl (C=O) groups is 1. The molecule has 2 heterocycles. The fourth-order valence-electron chi connectivity index (χ4n) is 4.26. The molecule has 1 aromatic carbocycles. The molecule has 32 heavy (non-hydrogen) atoms. The maximum absolute atomic E-state index is 11.6. The summed E-state index contributed by atoms with van der Waals surface area (Å²) in [6.07, 6.45) is 4.59. The van der Waals surface area contributed by atoms with Gasteiger partial charge in [0, 0.05) is 42.3 Å². The Morgan fingerprint density at radius 1 is 1.19 bits per heavy atom. The van der Waals surface area contributed by atoms with Crippen LogP contribution in [0.4, 0.5) is 11.8 Å². The molecule has 0 radical (unpaired) electrons. The maximum atomic E-state index is 11.6. The first-order valence-corrected chi connectivity index (χ1v) is 12.0. The summed E-state index contributed by atoms with van der Waals surface area (Å²) in [5.41, 5.74) is 1.60. The summed E-state index contributed by atoms with van der Waals surface area (Å²) in [5.74, 6) is 2.06. The Kier molecular flexibility index (Phi) is 7.22. The van der Waals surface area contributed by atoms with E-state index in [4.69, 9.17) is 14.7 Å². The number of rotatable bonds is 8. The first kappa shape index (κ1) is 22.5. The summed E-state index contributed by atoms with van der Waals surface area (Å²) in [6, 6.07) is 10.5. The molecule has 1 aliphatic rings. The number of benzene rings is 1. The molecule has 3 aromatic rings. The van der Waals surface area contributed by atoms with Crippen molar-refractivity contribution in [1.29, 1.82) is 0 Å². The Balaban J connectivity index is 1.26. The summed E-state index contributed by atoms with van der Waals surface area (Å²) < 4.78 is 4.77. The zero-order chi connectivity index (χ0) is 22.5. The number of carbonyl (C=O) groups excluding carboxylic acids is 1. The van der Waals surface area contributed by atoms with Crippen LogP contribution >= 0.6 is 11.3 Å². The fraction of sp³-hybridized carbons (Fsp3) is 0.458. The Morgan fingerprint density at radius 2 is 1.97 bits per heavy atom. The van der Waals surface area contributed by atoms with Crippen molar-refractivity contribution < 1.29 is 9.53 Å². The van der Waals surface area contributed by atoms with E-state index in [1.165, 1.54) is 20.0 Å². The minimum Gasteiger partial charge on any atom is -0.465 e. The number of fused-ring (bicyclic) bond motifs is 1. The lowest BCUT2D eigenvalue weighted by Gasteiger charge is -2.29. The van der Waals surface area contributed by atoms with Crippen molar-refractivity contribution in [2.24, 2.45) is 5.92 Å². The number of nitrogens with zero attached hydrogens (tertiary/aromatic N) is 3. The van der Waals surface area contributed by atoms with Gasteiger partial charge in [0.15, 0.2) is 0 Å². The molecule has 7 nitrogen and oxygen atoms in total. The number of aromatic nitrogens is 2. The molecule has 1 saturated carbocycles. The fourth-order valence-corrected chi connectivity index (χ4v) is 5.08. The number of anilines is 2. The van der Waals surface area contributed by atoms with E-state index >= 15 is 0 Å². The molecule has 0 spiro atoms. The molecule has 4 rings (SSSR count). The third kappa shape index (κ3) is 5.37. The normalized spacial score (nSPS) is 18.5. The zero-order valence-corrected chi connectivity index (χ0v) is 19.7. The van der Waals surface area contributed by atoms with E-state index < -0.39 is 0 Å². The Hall–Kier alpha value is -2.71. The van der Waals surface area contributed by atoms with Crippen LogP contribution in [-0.4, -0.2) is 49.7 Å². The molecular formula is C24H31N5O2S. The second-order valence-corrected chi connectivity index (χ2v) is 9.56. The van der Waals surface area contributed by atoms with Gasteiger partial charge in [0.25, 0.3) is 0 Å². The number of nitrogens with one attached hydrogen (secondary N) is 2. The van der Waals surface area contributed by atoms with Gasteiger partial charge in [-0.05, 0) is 56.3 Å². The second kappa shape index (κ2) is 10.3. The Labute approximate surface area is 193 Å². The van der Waals surface area contributed by atoms with Gasteiger partial charge in [-0.2, -0.15) is 4.98 Å². The van der Waals surface area contributed by atoms with Crippen LogP contribution in [0.15, 0.2) is 35.7 Å². The molecule has 0 unspecified atom stereocenters. The highest BCUT2D eigenvalue weighted by molar-refractivity contribution is 7.10. The van der Waals surface area contributed by atoms with Gasteiger partial charge in [0.05, 0.1) is 18.2 Å². The number of methoxy groups -OCH3 is 1. The SMILES string of the molecule is COC(=O)c1csc(CNCC2CCC(Nc3nc(N(C)C)c4ccccc4n3)CC2)c1. The van der Waals surface area contributed by atoms with Crippen molar-refractivity contribution in [3.8, 4) is 0 Å². The zero-order valence-electron chi connectivity index (χ0n) is 18.9. The number of esters is 1. The van der Waals surface area contributed by atoms with Crippen molar-refractivity contribution in [2.75, 3.05) is 38.0 Å². The van der Waals surface area contributed by atoms with Gasteiger partial charge in [-0.3, -0.25) is 0 Å². The number of ether oxygens (including phenoxy) is 1. The van der Waals surface area contributed by atoms with E-state index in [2.05, 4.69) is 16.7 Å². The summed E-state index contributed by atoms with van der Waals surface area (Å²) in [5, 5.41) is 10.1. The number of para-hydroxylation sites is 1. The standard InChI is InChI=1S/C24H31N5O2S/c1-29(2)22-20-6-4-5-7-21(20)27-24(28-22)26-18-10-8-16(9-11-18)13-25-14-19-12-17(15-32-19)23(30)31-3/h4-7,12,15-16,18,25H,8-11,13-14H2,1-3H3,(H,26,27,28). The highest BCUT2D eigenvalue weighted by Gasteiger charge is 2.22. The lowest BCUT2D eigenvalue weighted by Crippen LogP contribution is -2.31. The first-order valence-electron chi connectivity index (χ1n) is 11.1. The van der Waals surface area contributed by atoms with Crippen LogP contribution in [0, 0.1) is 5.92 Å². The molecule has 0 amide bonds. The average molecular weight is 454 g/mol. The van der Waals surface area contributed by atoms with Crippen LogP contribution in [0.5, 0.6) is 0 Å². The molecule has 170 valence electrons. The monoisotopic (exact) mass is 453 g/mol. The predicted molar refractivity (Wildman–Crippen MR) is 131 cm³/mol. The Morgan fingerprint density at radius 3 is 2.72 bits per heavy atom. The molecule has 2 aromatic heterocycles. The molecule has 0 aliphatic heterocycles. The van der Waals surface area contributed by atoms with E-state index in [1.807, 2.05) is 48.6 Å². The van der Waals surface area contributed by atoms with Gasteiger partial charge in [0.1, 0.15) is 5.82 Å². The maximum Gasteiger partial charge on any atom is 0.338 e. The first-order chi connectivity index (χ1) is 15.5. The summed E-state index contributed by atoms with van der Waals surface area (Å²) in [4.78, 5) is 24.3. The lowest BCUT2D eigenvalue weighted by molar-refractivity contribution is 0.0601. The molecule has 0 atom stereocenters. The van der Waals surface area contributed by atoms with E-state index in [0.29, 0.717) is 23.5 Å². The molecular weight excluding hydrogens is 422 g/mol. The second-order valence-electron chi connectivity index (χ2n) is 8.57. The van der Waals surface area contributed by atoms with E-state index in [1.54, 1.807) is 11.3 Å². The molecule has 0 saturated heterocycles. The van der Waals surface area contributed by atoms with Crippen molar-refractivity contribution >= 4 is 40.0 Å². The number of hydrogen-bond acceptors (Lipinski definition) is 8.